The largest absolute Gasteiger partial charge is 0.444 e. The van der Waals surface area contributed by atoms with Gasteiger partial charge in [0.1, 0.15) is 5.60 Å². The van der Waals surface area contributed by atoms with Gasteiger partial charge in [0.05, 0.1) is 5.69 Å². The predicted molar refractivity (Wildman–Crippen MR) is 127 cm³/mol. The van der Waals surface area contributed by atoms with E-state index in [1.54, 1.807) is 0 Å². The first-order chi connectivity index (χ1) is 15.3. The molecule has 5 heteroatoms. The monoisotopic (exact) mass is 434 g/mol. The van der Waals surface area contributed by atoms with Crippen molar-refractivity contribution in [1.82, 2.24) is 10.1 Å². The van der Waals surface area contributed by atoms with Crippen LogP contribution in [-0.2, 0) is 17.6 Å². The number of benzene rings is 2. The Bertz CT molecular complexity index is 1060. The van der Waals surface area contributed by atoms with E-state index in [4.69, 9.17) is 9.26 Å². The second-order valence-electron chi connectivity index (χ2n) is 9.97. The Balaban J connectivity index is 1.34. The van der Waals surface area contributed by atoms with Gasteiger partial charge in [-0.25, -0.2) is 4.79 Å². The molecule has 1 amide bonds. The number of carbonyl (C=O) groups excluding carboxylic acids is 1. The van der Waals surface area contributed by atoms with Crippen LogP contribution in [0.4, 0.5) is 4.79 Å². The molecule has 0 atom stereocenters. The van der Waals surface area contributed by atoms with Crippen molar-refractivity contribution in [3.05, 3.63) is 64.8 Å². The van der Waals surface area contributed by atoms with Crippen molar-refractivity contribution in [1.29, 1.82) is 0 Å². The van der Waals surface area contributed by atoms with Crippen LogP contribution in [0, 0.1) is 12.8 Å². The Morgan fingerprint density at radius 1 is 1.12 bits per heavy atom. The molecule has 2 aromatic carbocycles. The lowest BCUT2D eigenvalue weighted by molar-refractivity contribution is 0.0181. The molecule has 0 saturated carbocycles. The first-order valence-electron chi connectivity index (χ1n) is 11.7. The fourth-order valence-corrected chi connectivity index (χ4v) is 4.49. The summed E-state index contributed by atoms with van der Waals surface area (Å²) in [7, 11) is 0. The van der Waals surface area contributed by atoms with Gasteiger partial charge in [-0.1, -0.05) is 41.6 Å². The summed E-state index contributed by atoms with van der Waals surface area (Å²) in [5, 5.41) is 5.54. The molecule has 5 nitrogen and oxygen atoms in total. The summed E-state index contributed by atoms with van der Waals surface area (Å²) in [5.41, 5.74) is 5.27. The van der Waals surface area contributed by atoms with Gasteiger partial charge < -0.3 is 14.2 Å². The number of aromatic nitrogens is 1. The van der Waals surface area contributed by atoms with E-state index in [0.717, 1.165) is 61.9 Å². The first kappa shape index (κ1) is 22.4. The summed E-state index contributed by atoms with van der Waals surface area (Å²) in [6.45, 7) is 9.38. The number of carbonyl (C=O) groups is 1. The lowest BCUT2D eigenvalue weighted by atomic mass is 9.91. The molecule has 1 saturated heterocycles. The molecule has 1 aliphatic heterocycles. The van der Waals surface area contributed by atoms with Gasteiger partial charge in [-0.05, 0) is 88.5 Å². The minimum atomic E-state index is -0.443. The number of fused-ring (bicyclic) bond motifs is 1. The molecule has 2 heterocycles. The molecule has 1 aliphatic rings. The smallest absolute Gasteiger partial charge is 0.410 e. The lowest BCUT2D eigenvalue weighted by Crippen LogP contribution is -2.41. The summed E-state index contributed by atoms with van der Waals surface area (Å²) in [6.07, 6.45) is 4.69. The van der Waals surface area contributed by atoms with E-state index in [1.165, 1.54) is 16.7 Å². The van der Waals surface area contributed by atoms with Crippen molar-refractivity contribution in [2.45, 2.75) is 65.4 Å². The molecule has 0 aliphatic carbocycles. The highest BCUT2D eigenvalue weighted by atomic mass is 16.6. The second kappa shape index (κ2) is 9.35. The number of likely N-dealkylation sites (tertiary alicyclic amines) is 1. The number of ether oxygens (including phenoxy) is 1. The van der Waals surface area contributed by atoms with Crippen molar-refractivity contribution in [3.63, 3.8) is 0 Å². The Kier molecular flexibility index (Phi) is 6.54. The molecule has 4 rings (SSSR count). The molecule has 170 valence electrons. The van der Waals surface area contributed by atoms with Crippen LogP contribution in [0.1, 0.15) is 62.4 Å². The van der Waals surface area contributed by atoms with Crippen LogP contribution in [0.2, 0.25) is 0 Å². The third-order valence-electron chi connectivity index (χ3n) is 6.37. The molecule has 3 aromatic rings. The molecule has 32 heavy (non-hydrogen) atoms. The van der Waals surface area contributed by atoms with E-state index in [2.05, 4.69) is 48.5 Å². The molecule has 1 fully saturated rings. The fourth-order valence-electron chi connectivity index (χ4n) is 4.49. The maximum atomic E-state index is 12.3. The Labute approximate surface area is 190 Å². The zero-order valence-corrected chi connectivity index (χ0v) is 19.7. The third-order valence-corrected chi connectivity index (χ3v) is 6.37. The number of amides is 1. The van der Waals surface area contributed by atoms with Crippen LogP contribution >= 0.6 is 0 Å². The average Bonchev–Trinajstić information content (AvgIpc) is 3.18. The van der Waals surface area contributed by atoms with E-state index >= 15 is 0 Å². The first-order valence-corrected chi connectivity index (χ1v) is 11.7. The van der Waals surface area contributed by atoms with Crippen LogP contribution in [0.3, 0.4) is 0 Å². The summed E-state index contributed by atoms with van der Waals surface area (Å²) in [5.74, 6) is 0.596. The highest BCUT2D eigenvalue weighted by Gasteiger charge is 2.27. The minimum absolute atomic E-state index is 0.194. The van der Waals surface area contributed by atoms with Crippen molar-refractivity contribution >= 4 is 17.1 Å². The minimum Gasteiger partial charge on any atom is -0.444 e. The Morgan fingerprint density at radius 3 is 2.53 bits per heavy atom. The number of nitrogens with zero attached hydrogens (tertiary/aromatic N) is 2. The van der Waals surface area contributed by atoms with Crippen molar-refractivity contribution < 1.29 is 14.1 Å². The van der Waals surface area contributed by atoms with Crippen molar-refractivity contribution in [3.8, 4) is 0 Å². The quantitative estimate of drug-likeness (QED) is 0.472. The topological polar surface area (TPSA) is 55.6 Å². The number of hydrogen-bond donors (Lipinski definition) is 0. The molecular weight excluding hydrogens is 400 g/mol. The zero-order chi connectivity index (χ0) is 22.7. The van der Waals surface area contributed by atoms with E-state index < -0.39 is 5.60 Å². The van der Waals surface area contributed by atoms with Crippen molar-refractivity contribution in [2.75, 3.05) is 13.1 Å². The van der Waals surface area contributed by atoms with Crippen LogP contribution in [0.15, 0.2) is 47.0 Å². The highest BCUT2D eigenvalue weighted by molar-refractivity contribution is 5.83. The molecule has 0 N–H and O–H groups in total. The van der Waals surface area contributed by atoms with Gasteiger partial charge in [0.2, 0.25) is 0 Å². The number of piperidine rings is 1. The number of rotatable bonds is 5. The lowest BCUT2D eigenvalue weighted by Gasteiger charge is -2.33. The maximum absolute atomic E-state index is 12.3. The number of aryl methyl sites for hydroxylation is 2. The molecule has 0 bridgehead atoms. The SMILES string of the molecule is Cc1c(Cc2ccccc2)ccc2c(CCC3CCN(C(=O)OC(C)(C)C)CC3)noc12. The Morgan fingerprint density at radius 2 is 1.84 bits per heavy atom. The van der Waals surface area contributed by atoms with Crippen LogP contribution in [-0.4, -0.2) is 34.8 Å². The average molecular weight is 435 g/mol. The van der Waals surface area contributed by atoms with Crippen LogP contribution in [0.5, 0.6) is 0 Å². The molecule has 0 spiro atoms. The van der Waals surface area contributed by atoms with E-state index in [9.17, 15) is 4.79 Å². The van der Waals surface area contributed by atoms with Gasteiger partial charge in [0.25, 0.3) is 0 Å². The summed E-state index contributed by atoms with van der Waals surface area (Å²) in [6, 6.07) is 14.9. The maximum Gasteiger partial charge on any atom is 0.410 e. The van der Waals surface area contributed by atoms with E-state index in [0.29, 0.717) is 5.92 Å². The van der Waals surface area contributed by atoms with Gasteiger partial charge in [0, 0.05) is 18.5 Å². The molecule has 0 unspecified atom stereocenters. The third kappa shape index (κ3) is 5.32. The fraction of sp³-hybridized carbons (Fsp3) is 0.481. The Hall–Kier alpha value is -2.82. The summed E-state index contributed by atoms with van der Waals surface area (Å²) < 4.78 is 11.3. The summed E-state index contributed by atoms with van der Waals surface area (Å²) in [4.78, 5) is 14.1. The van der Waals surface area contributed by atoms with Crippen molar-refractivity contribution in [2.24, 2.45) is 5.92 Å². The second-order valence-corrected chi connectivity index (χ2v) is 9.97. The zero-order valence-electron chi connectivity index (χ0n) is 19.7. The normalized spacial score (nSPS) is 15.3. The van der Waals surface area contributed by atoms with E-state index in [-0.39, 0.29) is 6.09 Å². The summed E-state index contributed by atoms with van der Waals surface area (Å²) >= 11 is 0. The van der Waals surface area contributed by atoms with Gasteiger partial charge in [-0.2, -0.15) is 0 Å². The van der Waals surface area contributed by atoms with Gasteiger partial charge in [-0.15, -0.1) is 0 Å². The van der Waals surface area contributed by atoms with Crippen LogP contribution in [0.25, 0.3) is 11.0 Å². The highest BCUT2D eigenvalue weighted by Crippen LogP contribution is 2.29. The number of hydrogen-bond acceptors (Lipinski definition) is 4. The van der Waals surface area contributed by atoms with Gasteiger partial charge in [-0.3, -0.25) is 0 Å². The molecule has 0 radical (unpaired) electrons. The van der Waals surface area contributed by atoms with Gasteiger partial charge in [0.15, 0.2) is 5.58 Å². The van der Waals surface area contributed by atoms with Gasteiger partial charge >= 0.3 is 6.09 Å². The van der Waals surface area contributed by atoms with E-state index in [1.807, 2.05) is 31.7 Å². The molecule has 1 aromatic heterocycles. The molecular formula is C27H34N2O3. The predicted octanol–water partition coefficient (Wildman–Crippen LogP) is 6.31. The standard InChI is InChI=1S/C27H34N2O3/c1-19-22(18-21-8-6-5-7-9-21)11-12-23-24(28-32-25(19)23)13-10-20-14-16-29(17-15-20)26(30)31-27(2,3)4/h5-9,11-12,20H,10,13-18H2,1-4H3. The van der Waals surface area contributed by atoms with Crippen LogP contribution < -0.4 is 0 Å².